The maximum absolute atomic E-state index is 12.4. The predicted octanol–water partition coefficient (Wildman–Crippen LogP) is 3.29. The van der Waals surface area contributed by atoms with Gasteiger partial charge in [0.1, 0.15) is 5.78 Å². The van der Waals surface area contributed by atoms with Crippen LogP contribution in [0.3, 0.4) is 0 Å². The van der Waals surface area contributed by atoms with E-state index in [4.69, 9.17) is 5.73 Å². The summed E-state index contributed by atoms with van der Waals surface area (Å²) in [4.78, 5) is 12.4. The van der Waals surface area contributed by atoms with Gasteiger partial charge >= 0.3 is 0 Å². The Labute approximate surface area is 105 Å². The number of carbonyl (C=O) groups is 1. The third kappa shape index (κ3) is 3.54. The molecule has 0 saturated heterocycles. The molecular formula is C15H27NO. The van der Waals surface area contributed by atoms with E-state index in [1.54, 1.807) is 0 Å². The quantitative estimate of drug-likeness (QED) is 0.815. The van der Waals surface area contributed by atoms with Crippen LogP contribution in [0.2, 0.25) is 0 Å². The van der Waals surface area contributed by atoms with Crippen molar-refractivity contribution in [3.8, 4) is 0 Å². The number of nitrogens with two attached hydrogens (primary N) is 1. The van der Waals surface area contributed by atoms with Crippen molar-refractivity contribution >= 4 is 5.78 Å². The Hall–Kier alpha value is -0.370. The smallest absolute Gasteiger partial charge is 0.136 e. The summed E-state index contributed by atoms with van der Waals surface area (Å²) >= 11 is 0. The van der Waals surface area contributed by atoms with Crippen molar-refractivity contribution in [2.24, 2.45) is 23.5 Å². The summed E-state index contributed by atoms with van der Waals surface area (Å²) in [5.41, 5.74) is 5.81. The number of rotatable bonds is 4. The SMILES string of the molecule is NCC1CCCCC1C(=O)CC1CCCCC1. The molecule has 2 saturated carbocycles. The molecule has 0 radical (unpaired) electrons. The third-order valence-corrected chi connectivity index (χ3v) is 4.84. The zero-order valence-electron chi connectivity index (χ0n) is 11.0. The molecule has 0 aromatic heterocycles. The van der Waals surface area contributed by atoms with Crippen molar-refractivity contribution in [2.75, 3.05) is 6.54 Å². The average molecular weight is 237 g/mol. The highest BCUT2D eigenvalue weighted by Gasteiger charge is 2.31. The topological polar surface area (TPSA) is 43.1 Å². The summed E-state index contributed by atoms with van der Waals surface area (Å²) in [6, 6.07) is 0. The van der Waals surface area contributed by atoms with E-state index in [-0.39, 0.29) is 0 Å². The van der Waals surface area contributed by atoms with Gasteiger partial charge in [-0.05, 0) is 31.2 Å². The molecule has 2 heteroatoms. The van der Waals surface area contributed by atoms with E-state index in [2.05, 4.69) is 0 Å². The molecule has 2 unspecified atom stereocenters. The standard InChI is InChI=1S/C15H27NO/c16-11-13-8-4-5-9-14(13)15(17)10-12-6-2-1-3-7-12/h12-14H,1-11,16H2. The van der Waals surface area contributed by atoms with Crippen LogP contribution in [0.15, 0.2) is 0 Å². The highest BCUT2D eigenvalue weighted by molar-refractivity contribution is 5.81. The first kappa shape index (κ1) is 13.1. The summed E-state index contributed by atoms with van der Waals surface area (Å²) in [7, 11) is 0. The minimum Gasteiger partial charge on any atom is -0.330 e. The van der Waals surface area contributed by atoms with Crippen molar-refractivity contribution in [1.82, 2.24) is 0 Å². The van der Waals surface area contributed by atoms with Gasteiger partial charge in [-0.2, -0.15) is 0 Å². The van der Waals surface area contributed by atoms with E-state index < -0.39 is 0 Å². The van der Waals surface area contributed by atoms with E-state index in [0.29, 0.717) is 30.1 Å². The zero-order chi connectivity index (χ0) is 12.1. The van der Waals surface area contributed by atoms with Crippen LogP contribution >= 0.6 is 0 Å². The maximum atomic E-state index is 12.4. The summed E-state index contributed by atoms with van der Waals surface area (Å²) in [6.07, 6.45) is 12.3. The lowest BCUT2D eigenvalue weighted by Crippen LogP contribution is -2.33. The normalized spacial score (nSPS) is 31.4. The molecule has 2 nitrogen and oxygen atoms in total. The average Bonchev–Trinajstić information content (AvgIpc) is 2.40. The van der Waals surface area contributed by atoms with Crippen LogP contribution < -0.4 is 5.73 Å². The molecule has 0 heterocycles. The zero-order valence-corrected chi connectivity index (χ0v) is 11.0. The number of ketones is 1. The number of carbonyl (C=O) groups excluding carboxylic acids is 1. The molecule has 98 valence electrons. The lowest BCUT2D eigenvalue weighted by molar-refractivity contribution is -0.126. The molecule has 2 aliphatic carbocycles. The van der Waals surface area contributed by atoms with Gasteiger partial charge in [0.25, 0.3) is 0 Å². The largest absolute Gasteiger partial charge is 0.330 e. The van der Waals surface area contributed by atoms with Gasteiger partial charge in [0, 0.05) is 12.3 Å². The second kappa shape index (κ2) is 6.53. The second-order valence-electron chi connectivity index (χ2n) is 6.06. The Morgan fingerprint density at radius 2 is 1.59 bits per heavy atom. The van der Waals surface area contributed by atoms with Crippen LogP contribution in [0.1, 0.15) is 64.2 Å². The molecule has 2 rings (SSSR count). The van der Waals surface area contributed by atoms with Gasteiger partial charge in [-0.15, -0.1) is 0 Å². The molecule has 0 aromatic carbocycles. The number of hydrogen-bond acceptors (Lipinski definition) is 2. The van der Waals surface area contributed by atoms with E-state index in [1.807, 2.05) is 0 Å². The lowest BCUT2D eigenvalue weighted by Gasteiger charge is -2.31. The van der Waals surface area contributed by atoms with Crippen molar-refractivity contribution in [3.05, 3.63) is 0 Å². The van der Waals surface area contributed by atoms with E-state index in [9.17, 15) is 4.79 Å². The molecule has 0 spiro atoms. The predicted molar refractivity (Wildman–Crippen MR) is 70.7 cm³/mol. The Bertz CT molecular complexity index is 245. The van der Waals surface area contributed by atoms with Gasteiger partial charge in [-0.3, -0.25) is 4.79 Å². The Kier molecular flexibility index (Phi) is 5.02. The molecule has 0 amide bonds. The van der Waals surface area contributed by atoms with Gasteiger partial charge < -0.3 is 5.73 Å². The van der Waals surface area contributed by atoms with Crippen LogP contribution in [-0.4, -0.2) is 12.3 Å². The number of Topliss-reactive ketones (excluding diaryl/α,β-unsaturated/α-hetero) is 1. The van der Waals surface area contributed by atoms with E-state index in [0.717, 1.165) is 12.8 Å². The molecule has 17 heavy (non-hydrogen) atoms. The van der Waals surface area contributed by atoms with Crippen LogP contribution in [0.5, 0.6) is 0 Å². The fraction of sp³-hybridized carbons (Fsp3) is 0.933. The van der Waals surface area contributed by atoms with Crippen molar-refractivity contribution in [3.63, 3.8) is 0 Å². The Morgan fingerprint density at radius 3 is 2.29 bits per heavy atom. The highest BCUT2D eigenvalue weighted by Crippen LogP contribution is 2.34. The second-order valence-corrected chi connectivity index (χ2v) is 6.06. The Morgan fingerprint density at radius 1 is 0.941 bits per heavy atom. The van der Waals surface area contributed by atoms with E-state index in [1.165, 1.54) is 51.4 Å². The minimum absolute atomic E-state index is 0.302. The monoisotopic (exact) mass is 237 g/mol. The van der Waals surface area contributed by atoms with Gasteiger partial charge in [0.05, 0.1) is 0 Å². The highest BCUT2D eigenvalue weighted by atomic mass is 16.1. The number of hydrogen-bond donors (Lipinski definition) is 1. The summed E-state index contributed by atoms with van der Waals surface area (Å²) in [5.74, 6) is 2.01. The first-order valence-electron chi connectivity index (χ1n) is 7.54. The molecule has 0 aliphatic heterocycles. The molecule has 2 fully saturated rings. The fourth-order valence-corrected chi connectivity index (χ4v) is 3.74. The van der Waals surface area contributed by atoms with E-state index >= 15 is 0 Å². The molecular weight excluding hydrogens is 210 g/mol. The first-order valence-corrected chi connectivity index (χ1v) is 7.54. The van der Waals surface area contributed by atoms with Crippen LogP contribution in [0.25, 0.3) is 0 Å². The molecule has 0 aromatic rings. The molecule has 0 bridgehead atoms. The van der Waals surface area contributed by atoms with Crippen molar-refractivity contribution < 1.29 is 4.79 Å². The first-order chi connectivity index (χ1) is 8.31. The third-order valence-electron chi connectivity index (χ3n) is 4.84. The summed E-state index contributed by atoms with van der Waals surface area (Å²) in [6.45, 7) is 0.709. The van der Waals surface area contributed by atoms with Crippen molar-refractivity contribution in [1.29, 1.82) is 0 Å². The van der Waals surface area contributed by atoms with Crippen LogP contribution in [0.4, 0.5) is 0 Å². The molecule has 2 N–H and O–H groups in total. The van der Waals surface area contributed by atoms with Gasteiger partial charge in [-0.25, -0.2) is 0 Å². The molecule has 2 atom stereocenters. The Balaban J connectivity index is 1.84. The van der Waals surface area contributed by atoms with Gasteiger partial charge in [0.15, 0.2) is 0 Å². The molecule has 2 aliphatic rings. The summed E-state index contributed by atoms with van der Waals surface area (Å²) in [5, 5.41) is 0. The van der Waals surface area contributed by atoms with Gasteiger partial charge in [0.2, 0.25) is 0 Å². The minimum atomic E-state index is 0.302. The van der Waals surface area contributed by atoms with Crippen LogP contribution in [0, 0.1) is 17.8 Å². The van der Waals surface area contributed by atoms with Crippen molar-refractivity contribution in [2.45, 2.75) is 64.2 Å². The fourth-order valence-electron chi connectivity index (χ4n) is 3.74. The summed E-state index contributed by atoms with van der Waals surface area (Å²) < 4.78 is 0. The lowest BCUT2D eigenvalue weighted by atomic mass is 9.74. The van der Waals surface area contributed by atoms with Gasteiger partial charge in [-0.1, -0.05) is 44.9 Å². The van der Waals surface area contributed by atoms with Crippen LogP contribution in [-0.2, 0) is 4.79 Å². The maximum Gasteiger partial charge on any atom is 0.136 e.